The van der Waals surface area contributed by atoms with Crippen molar-refractivity contribution in [2.75, 3.05) is 31.6 Å². The van der Waals surface area contributed by atoms with Crippen molar-refractivity contribution in [1.29, 1.82) is 0 Å². The molecule has 0 radical (unpaired) electrons. The molecule has 4 N–H and O–H groups in total. The van der Waals surface area contributed by atoms with Gasteiger partial charge in [-0.25, -0.2) is 13.2 Å². The highest BCUT2D eigenvalue weighted by atomic mass is 32.2. The average Bonchev–Trinajstić information content (AvgIpc) is 3.46. The number of anilines is 1. The monoisotopic (exact) mass is 652 g/mol. The summed E-state index contributed by atoms with van der Waals surface area (Å²) in [4.78, 5) is 39.1. The van der Waals surface area contributed by atoms with Crippen molar-refractivity contribution in [3.05, 3.63) is 90.0 Å². The fourth-order valence-corrected chi connectivity index (χ4v) is 6.62. The van der Waals surface area contributed by atoms with Crippen LogP contribution in [-0.2, 0) is 26.0 Å². The van der Waals surface area contributed by atoms with E-state index in [9.17, 15) is 27.9 Å². The van der Waals surface area contributed by atoms with Crippen LogP contribution in [0.15, 0.2) is 83.8 Å². The van der Waals surface area contributed by atoms with Gasteiger partial charge in [0.25, 0.3) is 5.91 Å². The number of rotatable bonds is 15. The molecular formula is C33H40N4O8S. The van der Waals surface area contributed by atoms with Crippen molar-refractivity contribution in [3.8, 4) is 5.75 Å². The van der Waals surface area contributed by atoms with Gasteiger partial charge < -0.3 is 25.6 Å². The first-order valence-corrected chi connectivity index (χ1v) is 16.4. The summed E-state index contributed by atoms with van der Waals surface area (Å²) in [6, 6.07) is 20.3. The van der Waals surface area contributed by atoms with Crippen LogP contribution < -0.4 is 20.7 Å². The van der Waals surface area contributed by atoms with E-state index in [4.69, 9.17) is 15.2 Å². The fourth-order valence-electron chi connectivity index (χ4n) is 5.04. The lowest BCUT2D eigenvalue weighted by molar-refractivity contribution is -0.129. The average molecular weight is 653 g/mol. The molecule has 0 aliphatic carbocycles. The van der Waals surface area contributed by atoms with Crippen molar-refractivity contribution in [2.24, 2.45) is 11.7 Å². The molecule has 0 bridgehead atoms. The minimum absolute atomic E-state index is 0.0145. The molecule has 0 saturated carbocycles. The second-order valence-electron chi connectivity index (χ2n) is 11.3. The number of hydrogen-bond acceptors (Lipinski definition) is 8. The summed E-state index contributed by atoms with van der Waals surface area (Å²) in [5.41, 5.74) is 6.69. The zero-order valence-corrected chi connectivity index (χ0v) is 26.9. The molecule has 3 aromatic carbocycles. The first-order chi connectivity index (χ1) is 21.9. The predicted octanol–water partition coefficient (Wildman–Crippen LogP) is 2.94. The summed E-state index contributed by atoms with van der Waals surface area (Å²) in [6.07, 6.45) is -2.46. The van der Waals surface area contributed by atoms with Crippen LogP contribution in [0.25, 0.3) is 0 Å². The second kappa shape index (κ2) is 15.2. The van der Waals surface area contributed by atoms with Crippen LogP contribution in [-0.4, -0.2) is 80.7 Å². The number of nitrogens with one attached hydrogen (secondary N) is 1. The number of hydrogen-bond donors (Lipinski definition) is 3. The van der Waals surface area contributed by atoms with E-state index in [1.165, 1.54) is 40.6 Å². The standard InChI is InChI=1S/C33H40N4O8S/c1-4-22(2)19-36(46(42,43)27-15-13-26(44-3)14-16-27)20-29(38)28(17-23-9-6-5-7-10-23)35-32(40)30-21-37(33(41)45-30)25-12-8-11-24(18-25)31(34)39/h5-16,18,22,28-30,38H,4,17,19-21H2,1-3H3,(H2,34,39)(H,35,40)/t22-,28?,29-,30?/m1/s1. The molecule has 1 fully saturated rings. The molecule has 4 rings (SSSR count). The van der Waals surface area contributed by atoms with Gasteiger partial charge in [0.15, 0.2) is 6.10 Å². The number of benzene rings is 3. The van der Waals surface area contributed by atoms with E-state index >= 15 is 0 Å². The highest BCUT2D eigenvalue weighted by molar-refractivity contribution is 7.89. The van der Waals surface area contributed by atoms with E-state index in [0.29, 0.717) is 17.9 Å². The molecule has 1 aliphatic rings. The van der Waals surface area contributed by atoms with Crippen LogP contribution in [0.5, 0.6) is 5.75 Å². The highest BCUT2D eigenvalue weighted by Crippen LogP contribution is 2.25. The summed E-state index contributed by atoms with van der Waals surface area (Å²) in [7, 11) is -2.55. The molecule has 4 atom stereocenters. The third-order valence-electron chi connectivity index (χ3n) is 7.94. The molecule has 12 nitrogen and oxygen atoms in total. The lowest BCUT2D eigenvalue weighted by Gasteiger charge is -2.31. The molecular weight excluding hydrogens is 612 g/mol. The number of primary amides is 1. The Morgan fingerprint density at radius 1 is 1.09 bits per heavy atom. The Hall–Kier alpha value is -4.46. The van der Waals surface area contributed by atoms with Gasteiger partial charge in [0.1, 0.15) is 5.75 Å². The zero-order chi connectivity index (χ0) is 33.4. The fraction of sp³-hybridized carbons (Fsp3) is 0.364. The van der Waals surface area contributed by atoms with Crippen LogP contribution >= 0.6 is 0 Å². The van der Waals surface area contributed by atoms with E-state index in [1.54, 1.807) is 24.3 Å². The maximum Gasteiger partial charge on any atom is 0.415 e. The molecule has 246 valence electrons. The Balaban J connectivity index is 1.56. The zero-order valence-electron chi connectivity index (χ0n) is 26.0. The van der Waals surface area contributed by atoms with Gasteiger partial charge in [-0.05, 0) is 60.4 Å². The number of ether oxygens (including phenoxy) is 2. The number of methoxy groups -OCH3 is 1. The van der Waals surface area contributed by atoms with Crippen molar-refractivity contribution < 1.29 is 37.4 Å². The summed E-state index contributed by atoms with van der Waals surface area (Å²) >= 11 is 0. The first kappa shape index (κ1) is 34.4. The molecule has 1 aliphatic heterocycles. The van der Waals surface area contributed by atoms with E-state index in [0.717, 1.165) is 5.56 Å². The number of sulfonamides is 1. The normalized spacial score (nSPS) is 16.8. The number of nitrogens with two attached hydrogens (primary N) is 1. The number of carbonyl (C=O) groups is 3. The van der Waals surface area contributed by atoms with Crippen molar-refractivity contribution in [1.82, 2.24) is 9.62 Å². The SMILES string of the molecule is CC[C@@H](C)CN(C[C@@H](O)C(Cc1ccccc1)NC(=O)C1CN(c2cccc(C(N)=O)c2)C(=O)O1)S(=O)(=O)c1ccc(OC)cc1. The van der Waals surface area contributed by atoms with Gasteiger partial charge in [-0.3, -0.25) is 14.5 Å². The Kier molecular flexibility index (Phi) is 11.4. The van der Waals surface area contributed by atoms with E-state index < -0.39 is 46.2 Å². The Morgan fingerprint density at radius 3 is 2.41 bits per heavy atom. The molecule has 0 spiro atoms. The van der Waals surface area contributed by atoms with Crippen LogP contribution in [0.1, 0.15) is 36.2 Å². The number of nitrogens with zero attached hydrogens (tertiary/aromatic N) is 2. The van der Waals surface area contributed by atoms with E-state index in [2.05, 4.69) is 5.32 Å². The van der Waals surface area contributed by atoms with Crippen LogP contribution in [0.2, 0.25) is 0 Å². The van der Waals surface area contributed by atoms with Crippen LogP contribution in [0.4, 0.5) is 10.5 Å². The quantitative estimate of drug-likeness (QED) is 0.225. The minimum atomic E-state index is -4.04. The lowest BCUT2D eigenvalue weighted by atomic mass is 10.0. The van der Waals surface area contributed by atoms with Crippen molar-refractivity contribution in [2.45, 2.75) is 49.8 Å². The number of amides is 3. The number of aliphatic hydroxyl groups is 1. The maximum absolute atomic E-state index is 13.8. The van der Waals surface area contributed by atoms with Crippen LogP contribution in [0.3, 0.4) is 0 Å². The second-order valence-corrected chi connectivity index (χ2v) is 13.2. The van der Waals surface area contributed by atoms with Gasteiger partial charge in [-0.15, -0.1) is 0 Å². The topological polar surface area (TPSA) is 169 Å². The Bertz CT molecular complexity index is 1620. The molecule has 2 unspecified atom stereocenters. The van der Waals surface area contributed by atoms with Gasteiger partial charge in [-0.1, -0.05) is 56.7 Å². The maximum atomic E-state index is 13.8. The summed E-state index contributed by atoms with van der Waals surface area (Å²) in [5, 5.41) is 14.4. The lowest BCUT2D eigenvalue weighted by Crippen LogP contribution is -2.53. The van der Waals surface area contributed by atoms with Gasteiger partial charge in [-0.2, -0.15) is 4.31 Å². The molecule has 46 heavy (non-hydrogen) atoms. The van der Waals surface area contributed by atoms with E-state index in [-0.39, 0.29) is 42.4 Å². The largest absolute Gasteiger partial charge is 0.497 e. The third-order valence-corrected chi connectivity index (χ3v) is 9.78. The number of carbonyl (C=O) groups excluding carboxylic acids is 3. The van der Waals surface area contributed by atoms with Gasteiger partial charge >= 0.3 is 6.09 Å². The highest BCUT2D eigenvalue weighted by Gasteiger charge is 2.39. The Labute approximate surface area is 269 Å². The molecule has 0 aromatic heterocycles. The van der Waals surface area contributed by atoms with E-state index in [1.807, 2.05) is 44.2 Å². The van der Waals surface area contributed by atoms with Gasteiger partial charge in [0.2, 0.25) is 15.9 Å². The number of aliphatic hydroxyl groups excluding tert-OH is 1. The van der Waals surface area contributed by atoms with Gasteiger partial charge in [0.05, 0.1) is 30.7 Å². The predicted molar refractivity (Wildman–Crippen MR) is 172 cm³/mol. The summed E-state index contributed by atoms with van der Waals surface area (Å²) in [5.74, 6) is -0.838. The van der Waals surface area contributed by atoms with Crippen molar-refractivity contribution in [3.63, 3.8) is 0 Å². The van der Waals surface area contributed by atoms with Crippen LogP contribution in [0, 0.1) is 5.92 Å². The third kappa shape index (κ3) is 8.42. The summed E-state index contributed by atoms with van der Waals surface area (Å²) < 4.78 is 39.4. The summed E-state index contributed by atoms with van der Waals surface area (Å²) in [6.45, 7) is 3.58. The molecule has 1 heterocycles. The molecule has 3 aromatic rings. The van der Waals surface area contributed by atoms with Gasteiger partial charge in [0, 0.05) is 24.3 Å². The molecule has 1 saturated heterocycles. The molecule has 3 amide bonds. The minimum Gasteiger partial charge on any atom is -0.497 e. The number of cyclic esters (lactones) is 1. The van der Waals surface area contributed by atoms with Crippen molar-refractivity contribution >= 4 is 33.6 Å². The first-order valence-electron chi connectivity index (χ1n) is 15.0. The Morgan fingerprint density at radius 2 is 1.78 bits per heavy atom. The smallest absolute Gasteiger partial charge is 0.415 e. The molecule has 13 heteroatoms.